The van der Waals surface area contributed by atoms with E-state index in [1.54, 1.807) is 6.08 Å². The lowest BCUT2D eigenvalue weighted by molar-refractivity contribution is -0.152. The second-order valence-electron chi connectivity index (χ2n) is 13.1. The van der Waals surface area contributed by atoms with Gasteiger partial charge in [0.2, 0.25) is 5.91 Å². The van der Waals surface area contributed by atoms with E-state index >= 15 is 0 Å². The maximum atomic E-state index is 14.5. The lowest BCUT2D eigenvalue weighted by atomic mass is 9.98. The molecule has 3 aromatic rings. The Balaban J connectivity index is 1.22. The SMILES string of the molecule is C/C=C1\NC(=O)c2ccc(F)c(n2)CNC(=O)C[C@@H](/C=C/CCSC(C)=O)OC(=O)[C@H](CCCCNC(=O)OCC2c3ccccc3-c3ccccc32)NC1=O. The van der Waals surface area contributed by atoms with Crippen LogP contribution in [0.2, 0.25) is 0 Å². The van der Waals surface area contributed by atoms with Crippen molar-refractivity contribution in [2.45, 2.75) is 70.6 Å². The van der Waals surface area contributed by atoms with Gasteiger partial charge in [0.25, 0.3) is 11.8 Å². The van der Waals surface area contributed by atoms with Gasteiger partial charge in [-0.1, -0.05) is 72.4 Å². The minimum Gasteiger partial charge on any atom is -0.456 e. The number of unbranched alkanes of at least 4 members (excludes halogenated alkanes) is 1. The van der Waals surface area contributed by atoms with Gasteiger partial charge >= 0.3 is 12.1 Å². The number of carbonyl (C=O) groups is 6. The lowest BCUT2D eigenvalue weighted by Gasteiger charge is -2.22. The Hall–Kier alpha value is -5.83. The average Bonchev–Trinajstić information content (AvgIpc) is 3.50. The zero-order chi connectivity index (χ0) is 40.0. The highest BCUT2D eigenvalue weighted by molar-refractivity contribution is 8.13. The quantitative estimate of drug-likeness (QED) is 0.0873. The van der Waals surface area contributed by atoms with Gasteiger partial charge in [-0.3, -0.25) is 19.2 Å². The van der Waals surface area contributed by atoms with Crippen molar-refractivity contribution in [1.29, 1.82) is 0 Å². The predicted molar refractivity (Wildman–Crippen MR) is 208 cm³/mol. The third-order valence-electron chi connectivity index (χ3n) is 9.10. The third kappa shape index (κ3) is 11.4. The van der Waals surface area contributed by atoms with Gasteiger partial charge in [-0.2, -0.15) is 0 Å². The summed E-state index contributed by atoms with van der Waals surface area (Å²) in [5, 5.41) is 10.3. The normalized spacial score (nSPS) is 18.4. The molecule has 4 amide bonds. The van der Waals surface area contributed by atoms with E-state index in [-0.39, 0.29) is 60.7 Å². The van der Waals surface area contributed by atoms with E-state index in [2.05, 4.69) is 38.4 Å². The van der Waals surface area contributed by atoms with E-state index in [9.17, 15) is 33.2 Å². The number of esters is 1. The zero-order valence-corrected chi connectivity index (χ0v) is 31.9. The Kier molecular flexibility index (Phi) is 14.9. The van der Waals surface area contributed by atoms with E-state index < -0.39 is 47.7 Å². The number of ether oxygens (including phenoxy) is 2. The second kappa shape index (κ2) is 20.2. The van der Waals surface area contributed by atoms with E-state index in [1.807, 2.05) is 36.4 Å². The summed E-state index contributed by atoms with van der Waals surface area (Å²) in [6.07, 6.45) is 3.84. The fourth-order valence-corrected chi connectivity index (χ4v) is 6.86. The van der Waals surface area contributed by atoms with Gasteiger partial charge in [0.05, 0.1) is 18.7 Å². The number of alkyl carbamates (subject to hydrolysis) is 1. The van der Waals surface area contributed by atoms with Crippen LogP contribution in [0.1, 0.15) is 79.2 Å². The van der Waals surface area contributed by atoms with Gasteiger partial charge in [-0.05, 0) is 73.1 Å². The highest BCUT2D eigenvalue weighted by Crippen LogP contribution is 2.44. The minimum atomic E-state index is -1.21. The van der Waals surface area contributed by atoms with Crippen molar-refractivity contribution >= 4 is 46.7 Å². The van der Waals surface area contributed by atoms with Crippen LogP contribution in [0.5, 0.6) is 0 Å². The largest absolute Gasteiger partial charge is 0.456 e. The monoisotopic (exact) mass is 785 g/mol. The zero-order valence-electron chi connectivity index (χ0n) is 31.1. The smallest absolute Gasteiger partial charge is 0.407 e. The number of pyridine rings is 1. The maximum Gasteiger partial charge on any atom is 0.407 e. The minimum absolute atomic E-state index is 0.0532. The van der Waals surface area contributed by atoms with Crippen LogP contribution in [0.15, 0.2) is 84.6 Å². The van der Waals surface area contributed by atoms with Gasteiger partial charge in [0.1, 0.15) is 36.0 Å². The lowest BCUT2D eigenvalue weighted by Crippen LogP contribution is -2.46. The number of cyclic esters (lactones) is 1. The van der Waals surface area contributed by atoms with Crippen molar-refractivity contribution in [3.05, 3.63) is 113 Å². The Bertz CT molecular complexity index is 1980. The molecule has 56 heavy (non-hydrogen) atoms. The van der Waals surface area contributed by atoms with Crippen LogP contribution in [-0.2, 0) is 35.2 Å². The predicted octanol–water partition coefficient (Wildman–Crippen LogP) is 5.21. The number of amides is 4. The number of aromatic nitrogens is 1. The molecule has 13 nitrogen and oxygen atoms in total. The number of thioether (sulfide) groups is 1. The molecule has 2 aliphatic rings. The van der Waals surface area contributed by atoms with Crippen LogP contribution in [0, 0.1) is 5.82 Å². The molecule has 1 aromatic heterocycles. The fourth-order valence-electron chi connectivity index (χ4n) is 6.32. The number of benzene rings is 2. The number of carbonyl (C=O) groups excluding carboxylic acids is 6. The number of fused-ring (bicyclic) bond motifs is 5. The number of rotatable bonds is 11. The molecule has 5 rings (SSSR count). The first-order valence-electron chi connectivity index (χ1n) is 18.3. The molecular weight excluding hydrogens is 742 g/mol. The summed E-state index contributed by atoms with van der Waals surface area (Å²) in [6, 6.07) is 17.0. The molecular formula is C41H44FN5O8S. The van der Waals surface area contributed by atoms with Crippen molar-refractivity contribution in [3.63, 3.8) is 0 Å². The first kappa shape index (κ1) is 41.3. The summed E-state index contributed by atoms with van der Waals surface area (Å²) in [5.74, 6) is -3.40. The number of nitrogens with zero attached hydrogens (tertiary/aromatic N) is 1. The Labute approximate surface area is 328 Å². The highest BCUT2D eigenvalue weighted by Gasteiger charge is 2.30. The molecule has 0 radical (unpaired) electrons. The number of hydrogen-bond acceptors (Lipinski definition) is 10. The topological polar surface area (TPSA) is 182 Å². The van der Waals surface area contributed by atoms with E-state index in [1.165, 1.54) is 26.0 Å². The molecule has 2 heterocycles. The highest BCUT2D eigenvalue weighted by atomic mass is 32.2. The summed E-state index contributed by atoms with van der Waals surface area (Å²) in [5.41, 5.74) is 3.84. The first-order valence-corrected chi connectivity index (χ1v) is 19.3. The van der Waals surface area contributed by atoms with E-state index in [0.717, 1.165) is 46.1 Å². The molecule has 4 N–H and O–H groups in total. The number of halogens is 1. The first-order chi connectivity index (χ1) is 27.0. The molecule has 0 saturated carbocycles. The number of allylic oxidation sites excluding steroid dienone is 2. The van der Waals surface area contributed by atoms with Crippen molar-refractivity contribution < 1.29 is 42.6 Å². The summed E-state index contributed by atoms with van der Waals surface area (Å²) in [7, 11) is 0. The summed E-state index contributed by atoms with van der Waals surface area (Å²) < 4.78 is 25.9. The maximum absolute atomic E-state index is 14.5. The molecule has 1 aliphatic heterocycles. The molecule has 0 saturated heterocycles. The van der Waals surface area contributed by atoms with Crippen LogP contribution < -0.4 is 21.3 Å². The van der Waals surface area contributed by atoms with Gasteiger partial charge in [-0.25, -0.2) is 19.0 Å². The Morgan fingerprint density at radius 3 is 2.41 bits per heavy atom. The van der Waals surface area contributed by atoms with Gasteiger partial charge in [0.15, 0.2) is 5.12 Å². The van der Waals surface area contributed by atoms with Crippen LogP contribution >= 0.6 is 11.8 Å². The molecule has 294 valence electrons. The number of nitrogens with one attached hydrogen (secondary N) is 4. The molecule has 2 aromatic carbocycles. The second-order valence-corrected chi connectivity index (χ2v) is 14.3. The van der Waals surface area contributed by atoms with Gasteiger partial charge < -0.3 is 30.7 Å². The molecule has 2 bridgehead atoms. The van der Waals surface area contributed by atoms with Crippen molar-refractivity contribution in [3.8, 4) is 11.1 Å². The molecule has 1 aliphatic carbocycles. The van der Waals surface area contributed by atoms with E-state index in [4.69, 9.17) is 9.47 Å². The van der Waals surface area contributed by atoms with Crippen LogP contribution in [0.3, 0.4) is 0 Å². The van der Waals surface area contributed by atoms with Crippen molar-refractivity contribution in [2.24, 2.45) is 0 Å². The summed E-state index contributed by atoms with van der Waals surface area (Å²) in [4.78, 5) is 81.0. The molecule has 15 heteroatoms. The summed E-state index contributed by atoms with van der Waals surface area (Å²) >= 11 is 1.12. The van der Waals surface area contributed by atoms with Gasteiger partial charge in [-0.15, -0.1) is 0 Å². The van der Waals surface area contributed by atoms with Crippen LogP contribution in [0.25, 0.3) is 11.1 Å². The Morgan fingerprint density at radius 1 is 1.00 bits per heavy atom. The van der Waals surface area contributed by atoms with Gasteiger partial charge in [0, 0.05) is 25.1 Å². The molecule has 0 unspecified atom stereocenters. The van der Waals surface area contributed by atoms with Crippen LogP contribution in [0.4, 0.5) is 9.18 Å². The fraction of sp³-hybridized carbons (Fsp3) is 0.341. The average molecular weight is 786 g/mol. The van der Waals surface area contributed by atoms with Crippen LogP contribution in [-0.4, -0.2) is 70.9 Å². The number of hydrogen-bond donors (Lipinski definition) is 4. The van der Waals surface area contributed by atoms with Crippen molar-refractivity contribution in [1.82, 2.24) is 26.3 Å². The standard InChI is InChI=1S/C41H44FN5O8S/c1-3-33-38(50)47-35(17-8-10-20-43-41(53)54-24-31-29-15-6-4-13-27(29)28-14-5-7-16-30(28)31)40(52)55-26(12-9-11-21-56-25(2)48)22-37(49)44-23-36-32(42)18-19-34(45-36)39(51)46-33/h3-7,9,12-16,18-19,26,31,35H,8,10-11,17,20-24H2,1-2H3,(H,43,53)(H,44,49)(H,46,51)(H,47,50)/b12-9+,33-3-/t26-,35+/m1/s1. The molecule has 0 fully saturated rings. The molecule has 0 spiro atoms. The van der Waals surface area contributed by atoms with E-state index in [0.29, 0.717) is 25.0 Å². The third-order valence-corrected chi connectivity index (χ3v) is 9.95. The Morgan fingerprint density at radius 2 is 1.71 bits per heavy atom. The summed E-state index contributed by atoms with van der Waals surface area (Å²) in [6.45, 7) is 2.99. The van der Waals surface area contributed by atoms with Crippen molar-refractivity contribution in [2.75, 3.05) is 18.9 Å². The molecule has 2 atom stereocenters.